The Bertz CT molecular complexity index is 395. The zero-order valence-corrected chi connectivity index (χ0v) is 9.71. The molecule has 0 aromatic heterocycles. The molecule has 0 aliphatic rings. The van der Waals surface area contributed by atoms with Crippen molar-refractivity contribution in [1.29, 1.82) is 0 Å². The second-order valence-corrected chi connectivity index (χ2v) is 4.15. The Balaban J connectivity index is 3.12. The van der Waals surface area contributed by atoms with E-state index in [-0.39, 0.29) is 12.0 Å². The van der Waals surface area contributed by atoms with Gasteiger partial charge in [0.15, 0.2) is 0 Å². The van der Waals surface area contributed by atoms with Crippen LogP contribution in [-0.4, -0.2) is 11.1 Å². The third-order valence-electron chi connectivity index (χ3n) is 2.08. The summed E-state index contributed by atoms with van der Waals surface area (Å²) in [6.07, 6.45) is -0.293. The predicted octanol–water partition coefficient (Wildman–Crippen LogP) is 2.37. The Morgan fingerprint density at radius 1 is 1.67 bits per heavy atom. The van der Waals surface area contributed by atoms with E-state index in [1.165, 1.54) is 0 Å². The quantitative estimate of drug-likeness (QED) is 0.890. The molecule has 1 aromatic rings. The number of nitrogens with two attached hydrogens (primary N) is 1. The van der Waals surface area contributed by atoms with Gasteiger partial charge in [0.25, 0.3) is 0 Å². The molecule has 0 aliphatic heterocycles. The molecule has 1 unspecified atom stereocenters. The van der Waals surface area contributed by atoms with Crippen LogP contribution in [0.15, 0.2) is 16.6 Å². The maximum absolute atomic E-state index is 13.7. The molecule has 5 heteroatoms. The van der Waals surface area contributed by atoms with Crippen LogP contribution < -0.4 is 5.73 Å². The third-order valence-corrected chi connectivity index (χ3v) is 2.78. The first-order chi connectivity index (χ1) is 6.93. The summed E-state index contributed by atoms with van der Waals surface area (Å²) < 4.78 is 14.2. The minimum absolute atomic E-state index is 0.220. The largest absolute Gasteiger partial charge is 0.481 e. The first-order valence-electron chi connectivity index (χ1n) is 4.35. The van der Waals surface area contributed by atoms with Gasteiger partial charge >= 0.3 is 5.97 Å². The zero-order chi connectivity index (χ0) is 11.6. The van der Waals surface area contributed by atoms with Crippen LogP contribution in [0.3, 0.4) is 0 Å². The van der Waals surface area contributed by atoms with Gasteiger partial charge in [-0.3, -0.25) is 4.79 Å². The lowest BCUT2D eigenvalue weighted by atomic mass is 10.0. The van der Waals surface area contributed by atoms with Crippen molar-refractivity contribution in [3.05, 3.63) is 33.5 Å². The van der Waals surface area contributed by atoms with Gasteiger partial charge in [0, 0.05) is 16.1 Å². The summed E-state index contributed by atoms with van der Waals surface area (Å²) in [6, 6.07) is 2.43. The first kappa shape index (κ1) is 12.1. The number of aryl methyl sites for hydroxylation is 1. The minimum Gasteiger partial charge on any atom is -0.481 e. The molecule has 1 atom stereocenters. The summed E-state index contributed by atoms with van der Waals surface area (Å²) in [4.78, 5) is 10.5. The number of hydrogen-bond donors (Lipinski definition) is 2. The van der Waals surface area contributed by atoms with Crippen LogP contribution in [0.2, 0.25) is 0 Å². The summed E-state index contributed by atoms with van der Waals surface area (Å²) in [5, 5.41) is 8.58. The average molecular weight is 276 g/mol. The van der Waals surface area contributed by atoms with E-state index in [1.54, 1.807) is 19.1 Å². The molecule has 0 heterocycles. The summed E-state index contributed by atoms with van der Waals surface area (Å²) in [7, 11) is 0. The molecule has 0 saturated heterocycles. The molecular formula is C10H11BrFNO2. The van der Waals surface area contributed by atoms with E-state index in [4.69, 9.17) is 10.8 Å². The standard InChI is InChI=1S/C10H11BrFNO2/c1-5-2-3-6(11)9(10(5)12)7(13)4-8(14)15/h2-3,7H,4,13H2,1H3,(H,14,15). The monoisotopic (exact) mass is 275 g/mol. The lowest BCUT2D eigenvalue weighted by Crippen LogP contribution is -2.17. The maximum atomic E-state index is 13.7. The van der Waals surface area contributed by atoms with Crippen molar-refractivity contribution in [3.63, 3.8) is 0 Å². The Kier molecular flexibility index (Phi) is 3.82. The topological polar surface area (TPSA) is 63.3 Å². The summed E-state index contributed by atoms with van der Waals surface area (Å²) in [5.41, 5.74) is 6.29. The van der Waals surface area contributed by atoms with Gasteiger partial charge in [-0.25, -0.2) is 4.39 Å². The van der Waals surface area contributed by atoms with Gasteiger partial charge in [-0.05, 0) is 18.6 Å². The predicted molar refractivity (Wildman–Crippen MR) is 58.0 cm³/mol. The summed E-state index contributed by atoms with van der Waals surface area (Å²) >= 11 is 3.16. The van der Waals surface area contributed by atoms with Gasteiger partial charge in [-0.1, -0.05) is 22.0 Å². The molecule has 3 N–H and O–H groups in total. The molecule has 0 radical (unpaired) electrons. The molecule has 1 rings (SSSR count). The number of hydrogen-bond acceptors (Lipinski definition) is 2. The summed E-state index contributed by atoms with van der Waals surface area (Å²) in [6.45, 7) is 1.61. The highest BCUT2D eigenvalue weighted by Gasteiger charge is 2.19. The fraction of sp³-hybridized carbons (Fsp3) is 0.300. The molecule has 0 saturated carbocycles. The van der Waals surface area contributed by atoms with Crippen LogP contribution in [0.5, 0.6) is 0 Å². The number of benzene rings is 1. The Morgan fingerprint density at radius 3 is 2.80 bits per heavy atom. The van der Waals surface area contributed by atoms with Gasteiger partial charge in [-0.2, -0.15) is 0 Å². The number of carboxylic acid groups (broad SMARTS) is 1. The highest BCUT2D eigenvalue weighted by molar-refractivity contribution is 9.10. The fourth-order valence-electron chi connectivity index (χ4n) is 1.31. The number of carboxylic acids is 1. The van der Waals surface area contributed by atoms with E-state index in [0.29, 0.717) is 10.0 Å². The van der Waals surface area contributed by atoms with Crippen molar-refractivity contribution in [2.45, 2.75) is 19.4 Å². The molecule has 15 heavy (non-hydrogen) atoms. The van der Waals surface area contributed by atoms with Crippen LogP contribution in [0.4, 0.5) is 4.39 Å². The van der Waals surface area contributed by atoms with Crippen molar-refractivity contribution in [2.75, 3.05) is 0 Å². The second kappa shape index (κ2) is 4.72. The molecule has 1 aromatic carbocycles. The van der Waals surface area contributed by atoms with Crippen LogP contribution in [0.1, 0.15) is 23.6 Å². The number of halogens is 2. The van der Waals surface area contributed by atoms with Crippen molar-refractivity contribution in [1.82, 2.24) is 0 Å². The van der Waals surface area contributed by atoms with E-state index in [1.807, 2.05) is 0 Å². The fourth-order valence-corrected chi connectivity index (χ4v) is 1.91. The van der Waals surface area contributed by atoms with Gasteiger partial charge in [0.2, 0.25) is 0 Å². The van der Waals surface area contributed by atoms with E-state index in [2.05, 4.69) is 15.9 Å². The third kappa shape index (κ3) is 2.76. The van der Waals surface area contributed by atoms with E-state index in [0.717, 1.165) is 0 Å². The Labute approximate surface area is 95.2 Å². The van der Waals surface area contributed by atoms with Crippen LogP contribution >= 0.6 is 15.9 Å². The van der Waals surface area contributed by atoms with E-state index < -0.39 is 17.8 Å². The minimum atomic E-state index is -1.05. The number of rotatable bonds is 3. The molecule has 82 valence electrons. The SMILES string of the molecule is Cc1ccc(Br)c(C(N)CC(=O)O)c1F. The molecule has 0 amide bonds. The normalized spacial score (nSPS) is 12.5. The maximum Gasteiger partial charge on any atom is 0.305 e. The Hall–Kier alpha value is -0.940. The Morgan fingerprint density at radius 2 is 2.27 bits per heavy atom. The van der Waals surface area contributed by atoms with Gasteiger partial charge < -0.3 is 10.8 Å². The smallest absolute Gasteiger partial charge is 0.305 e. The molecule has 0 aliphatic carbocycles. The van der Waals surface area contributed by atoms with Crippen LogP contribution in [-0.2, 0) is 4.79 Å². The number of carbonyl (C=O) groups is 1. The van der Waals surface area contributed by atoms with Crippen molar-refractivity contribution < 1.29 is 14.3 Å². The molecule has 0 fully saturated rings. The highest BCUT2D eigenvalue weighted by atomic mass is 79.9. The van der Waals surface area contributed by atoms with Crippen LogP contribution in [0, 0.1) is 12.7 Å². The van der Waals surface area contributed by atoms with Gasteiger partial charge in [-0.15, -0.1) is 0 Å². The van der Waals surface area contributed by atoms with E-state index in [9.17, 15) is 9.18 Å². The lowest BCUT2D eigenvalue weighted by Gasteiger charge is -2.14. The van der Waals surface area contributed by atoms with Gasteiger partial charge in [0.1, 0.15) is 5.82 Å². The average Bonchev–Trinajstić information content (AvgIpc) is 2.11. The second-order valence-electron chi connectivity index (χ2n) is 3.30. The van der Waals surface area contributed by atoms with Crippen LogP contribution in [0.25, 0.3) is 0 Å². The molecule has 0 spiro atoms. The van der Waals surface area contributed by atoms with Crippen molar-refractivity contribution in [2.24, 2.45) is 5.73 Å². The highest BCUT2D eigenvalue weighted by Crippen LogP contribution is 2.28. The zero-order valence-electron chi connectivity index (χ0n) is 8.13. The molecule has 3 nitrogen and oxygen atoms in total. The summed E-state index contributed by atoms with van der Waals surface area (Å²) in [5.74, 6) is -1.49. The van der Waals surface area contributed by atoms with Gasteiger partial charge in [0.05, 0.1) is 6.42 Å². The van der Waals surface area contributed by atoms with Crippen molar-refractivity contribution >= 4 is 21.9 Å². The lowest BCUT2D eigenvalue weighted by molar-refractivity contribution is -0.137. The molecular weight excluding hydrogens is 265 g/mol. The van der Waals surface area contributed by atoms with Crippen molar-refractivity contribution in [3.8, 4) is 0 Å². The molecule has 0 bridgehead atoms. The van der Waals surface area contributed by atoms with E-state index >= 15 is 0 Å². The first-order valence-corrected chi connectivity index (χ1v) is 5.14. The number of aliphatic carboxylic acids is 1.